The fourth-order valence-electron chi connectivity index (χ4n) is 2.74. The highest BCUT2D eigenvalue weighted by molar-refractivity contribution is 5.95. The van der Waals surface area contributed by atoms with Gasteiger partial charge in [-0.1, -0.05) is 12.1 Å². The third-order valence-electron chi connectivity index (χ3n) is 3.91. The molecule has 1 aromatic carbocycles. The molecule has 0 atom stereocenters. The highest BCUT2D eigenvalue weighted by atomic mass is 16.5. The van der Waals surface area contributed by atoms with Crippen LogP contribution in [0.3, 0.4) is 0 Å². The normalized spacial score (nSPS) is 13.4. The number of carbonyl (C=O) groups is 2. The molecule has 1 amide bonds. The first kappa shape index (κ1) is 16.7. The highest BCUT2D eigenvalue weighted by Gasteiger charge is 2.21. The van der Waals surface area contributed by atoms with Crippen molar-refractivity contribution >= 4 is 18.1 Å². The fourth-order valence-corrected chi connectivity index (χ4v) is 2.74. The van der Waals surface area contributed by atoms with Crippen LogP contribution < -0.4 is 10.2 Å². The molecule has 1 aliphatic rings. The van der Waals surface area contributed by atoms with Crippen LogP contribution in [0.1, 0.15) is 40.2 Å². The van der Waals surface area contributed by atoms with E-state index >= 15 is 0 Å². The van der Waals surface area contributed by atoms with Crippen molar-refractivity contribution in [3.05, 3.63) is 46.8 Å². The van der Waals surface area contributed by atoms with E-state index in [1.165, 1.54) is 6.21 Å². The van der Waals surface area contributed by atoms with E-state index in [0.717, 1.165) is 36.9 Å². The Hall–Kier alpha value is -3.16. The van der Waals surface area contributed by atoms with E-state index in [1.807, 2.05) is 0 Å². The average molecular weight is 342 g/mol. The van der Waals surface area contributed by atoms with E-state index in [1.54, 1.807) is 24.3 Å². The van der Waals surface area contributed by atoms with Crippen molar-refractivity contribution in [2.45, 2.75) is 25.7 Å². The molecule has 0 radical (unpaired) electrons. The van der Waals surface area contributed by atoms with Gasteiger partial charge in [0.1, 0.15) is 5.75 Å². The van der Waals surface area contributed by atoms with Gasteiger partial charge < -0.3 is 9.84 Å². The van der Waals surface area contributed by atoms with Crippen LogP contribution in [-0.4, -0.2) is 40.0 Å². The van der Waals surface area contributed by atoms with E-state index in [-0.39, 0.29) is 5.91 Å². The number of amides is 1. The van der Waals surface area contributed by atoms with Gasteiger partial charge >= 0.3 is 5.97 Å². The predicted molar refractivity (Wildman–Crippen MR) is 89.9 cm³/mol. The molecule has 8 heteroatoms. The van der Waals surface area contributed by atoms with Crippen LogP contribution in [0.4, 0.5) is 0 Å². The van der Waals surface area contributed by atoms with Crippen LogP contribution in [-0.2, 0) is 17.6 Å². The lowest BCUT2D eigenvalue weighted by molar-refractivity contribution is -0.139. The SMILES string of the molecule is O=C(O)COc1ccccc1C=NNC(=O)c1n[nH]c2c1CCCC2. The first-order valence-corrected chi connectivity index (χ1v) is 7.98. The van der Waals surface area contributed by atoms with Gasteiger partial charge in [0.15, 0.2) is 12.3 Å². The summed E-state index contributed by atoms with van der Waals surface area (Å²) in [4.78, 5) is 22.9. The number of ether oxygens (including phenoxy) is 1. The number of aryl methyl sites for hydroxylation is 1. The van der Waals surface area contributed by atoms with Crippen molar-refractivity contribution in [3.63, 3.8) is 0 Å². The average Bonchev–Trinajstić information content (AvgIpc) is 3.05. The van der Waals surface area contributed by atoms with Gasteiger partial charge in [-0.15, -0.1) is 0 Å². The number of para-hydroxylation sites is 1. The molecule has 8 nitrogen and oxygen atoms in total. The lowest BCUT2D eigenvalue weighted by atomic mass is 9.96. The first-order chi connectivity index (χ1) is 12.1. The van der Waals surface area contributed by atoms with Gasteiger partial charge in [0.05, 0.1) is 6.21 Å². The van der Waals surface area contributed by atoms with Crippen molar-refractivity contribution in [1.29, 1.82) is 0 Å². The van der Waals surface area contributed by atoms with Crippen molar-refractivity contribution in [3.8, 4) is 5.75 Å². The van der Waals surface area contributed by atoms with Gasteiger partial charge in [0.2, 0.25) is 0 Å². The van der Waals surface area contributed by atoms with Crippen LogP contribution in [0, 0.1) is 0 Å². The summed E-state index contributed by atoms with van der Waals surface area (Å²) in [5, 5.41) is 19.6. The lowest BCUT2D eigenvalue weighted by Crippen LogP contribution is -2.20. The Morgan fingerprint density at radius 1 is 1.32 bits per heavy atom. The van der Waals surface area contributed by atoms with E-state index < -0.39 is 12.6 Å². The fraction of sp³-hybridized carbons (Fsp3) is 0.294. The second-order valence-electron chi connectivity index (χ2n) is 5.66. The molecule has 0 unspecified atom stereocenters. The first-order valence-electron chi connectivity index (χ1n) is 7.98. The number of hydrazone groups is 1. The number of H-pyrrole nitrogens is 1. The molecule has 25 heavy (non-hydrogen) atoms. The van der Waals surface area contributed by atoms with Crippen LogP contribution in [0.5, 0.6) is 5.75 Å². The van der Waals surface area contributed by atoms with Gasteiger partial charge in [-0.2, -0.15) is 10.2 Å². The molecule has 3 rings (SSSR count). The number of hydrogen-bond donors (Lipinski definition) is 3. The Morgan fingerprint density at radius 2 is 2.12 bits per heavy atom. The summed E-state index contributed by atoms with van der Waals surface area (Å²) in [6, 6.07) is 6.84. The Balaban J connectivity index is 1.66. The van der Waals surface area contributed by atoms with Gasteiger partial charge in [0.25, 0.3) is 5.91 Å². The van der Waals surface area contributed by atoms with Crippen LogP contribution in [0.15, 0.2) is 29.4 Å². The number of hydrogen-bond acceptors (Lipinski definition) is 5. The second-order valence-corrected chi connectivity index (χ2v) is 5.66. The van der Waals surface area contributed by atoms with Crippen LogP contribution in [0.2, 0.25) is 0 Å². The Morgan fingerprint density at radius 3 is 2.96 bits per heavy atom. The molecule has 0 bridgehead atoms. The number of benzene rings is 1. The lowest BCUT2D eigenvalue weighted by Gasteiger charge is -2.10. The molecule has 1 heterocycles. The number of carboxylic acid groups (broad SMARTS) is 1. The Bertz CT molecular complexity index is 813. The van der Waals surface area contributed by atoms with Gasteiger partial charge in [-0.25, -0.2) is 10.2 Å². The molecule has 3 N–H and O–H groups in total. The third kappa shape index (κ3) is 4.03. The van der Waals surface area contributed by atoms with Crippen LogP contribution in [0.25, 0.3) is 0 Å². The van der Waals surface area contributed by atoms with Gasteiger partial charge in [-0.05, 0) is 37.8 Å². The molecular formula is C17H18N4O4. The van der Waals surface area contributed by atoms with Crippen molar-refractivity contribution in [2.24, 2.45) is 5.10 Å². The molecule has 0 saturated carbocycles. The number of nitrogens with one attached hydrogen (secondary N) is 2. The molecule has 130 valence electrons. The smallest absolute Gasteiger partial charge is 0.341 e. The Kier molecular flexibility index (Phi) is 5.08. The summed E-state index contributed by atoms with van der Waals surface area (Å²) in [5.74, 6) is -1.07. The second kappa shape index (κ2) is 7.61. The van der Waals surface area contributed by atoms with E-state index in [4.69, 9.17) is 9.84 Å². The third-order valence-corrected chi connectivity index (χ3v) is 3.91. The topological polar surface area (TPSA) is 117 Å². The summed E-state index contributed by atoms with van der Waals surface area (Å²) in [7, 11) is 0. The minimum absolute atomic E-state index is 0.375. The van der Waals surface area contributed by atoms with Crippen LogP contribution >= 0.6 is 0 Å². The number of fused-ring (bicyclic) bond motifs is 1. The molecule has 0 saturated heterocycles. The van der Waals surface area contributed by atoms with Crippen molar-refractivity contribution in [2.75, 3.05) is 6.61 Å². The molecule has 0 fully saturated rings. The minimum atomic E-state index is -1.07. The summed E-state index contributed by atoms with van der Waals surface area (Å²) in [6.07, 6.45) is 5.30. The number of aliphatic carboxylic acids is 1. The predicted octanol–water partition coefficient (Wildman–Crippen LogP) is 1.52. The quantitative estimate of drug-likeness (QED) is 0.543. The minimum Gasteiger partial charge on any atom is -0.481 e. The number of nitrogens with zero attached hydrogens (tertiary/aromatic N) is 2. The number of carbonyl (C=O) groups excluding carboxylic acids is 1. The zero-order chi connectivity index (χ0) is 17.6. The highest BCUT2D eigenvalue weighted by Crippen LogP contribution is 2.22. The van der Waals surface area contributed by atoms with E-state index in [0.29, 0.717) is 17.0 Å². The van der Waals surface area contributed by atoms with Crippen molar-refractivity contribution in [1.82, 2.24) is 15.6 Å². The summed E-state index contributed by atoms with van der Waals surface area (Å²) in [6.45, 7) is -0.448. The number of carboxylic acids is 1. The maximum Gasteiger partial charge on any atom is 0.341 e. The maximum absolute atomic E-state index is 12.3. The standard InChI is InChI=1S/C17H18N4O4/c22-15(23)10-25-14-8-4-1-5-11(14)9-18-21-17(24)16-12-6-2-3-7-13(12)19-20-16/h1,4-5,8-9H,2-3,6-7,10H2,(H,19,20)(H,21,24)(H,22,23). The molecule has 1 aromatic heterocycles. The number of aromatic nitrogens is 2. The van der Waals surface area contributed by atoms with Crippen molar-refractivity contribution < 1.29 is 19.4 Å². The molecule has 0 spiro atoms. The summed E-state index contributed by atoms with van der Waals surface area (Å²) in [5.41, 5.74) is 5.38. The summed E-state index contributed by atoms with van der Waals surface area (Å²) >= 11 is 0. The monoisotopic (exact) mass is 342 g/mol. The van der Waals surface area contributed by atoms with E-state index in [9.17, 15) is 9.59 Å². The molecule has 2 aromatic rings. The molecule has 1 aliphatic carbocycles. The number of aromatic amines is 1. The van der Waals surface area contributed by atoms with Gasteiger partial charge in [-0.3, -0.25) is 9.89 Å². The Labute approximate surface area is 143 Å². The zero-order valence-corrected chi connectivity index (χ0v) is 13.5. The molecular weight excluding hydrogens is 324 g/mol. The van der Waals surface area contributed by atoms with Gasteiger partial charge in [0, 0.05) is 16.8 Å². The number of rotatable bonds is 6. The van der Waals surface area contributed by atoms with E-state index in [2.05, 4.69) is 20.7 Å². The maximum atomic E-state index is 12.3. The summed E-state index contributed by atoms with van der Waals surface area (Å²) < 4.78 is 5.18. The largest absolute Gasteiger partial charge is 0.481 e. The molecule has 0 aliphatic heterocycles. The zero-order valence-electron chi connectivity index (χ0n) is 13.5.